The summed E-state index contributed by atoms with van der Waals surface area (Å²) in [5.74, 6) is 1.23. The van der Waals surface area contributed by atoms with Gasteiger partial charge in [0.15, 0.2) is 11.5 Å². The van der Waals surface area contributed by atoms with Crippen molar-refractivity contribution in [3.63, 3.8) is 0 Å². The Morgan fingerprint density at radius 2 is 1.72 bits per heavy atom. The van der Waals surface area contributed by atoms with Gasteiger partial charge in [0.2, 0.25) is 5.91 Å². The summed E-state index contributed by atoms with van der Waals surface area (Å²) < 4.78 is 10.5. The number of benzene rings is 2. The summed E-state index contributed by atoms with van der Waals surface area (Å²) in [5, 5.41) is 3.70. The molecule has 3 aromatic rings. The molecule has 8 heteroatoms. The molecule has 0 bridgehead atoms. The van der Waals surface area contributed by atoms with E-state index in [0.29, 0.717) is 23.6 Å². The number of nitrogens with zero attached hydrogens (tertiary/aromatic N) is 3. The van der Waals surface area contributed by atoms with Crippen molar-refractivity contribution in [1.82, 2.24) is 4.98 Å². The zero-order valence-corrected chi connectivity index (χ0v) is 18.6. The lowest BCUT2D eigenvalue weighted by Crippen LogP contribution is -2.16. The number of ether oxygens (including phenoxy) is 2. The topological polar surface area (TPSA) is 85.2 Å². The number of rotatable bonds is 6. The minimum atomic E-state index is -0.140. The molecule has 2 aromatic carbocycles. The van der Waals surface area contributed by atoms with Gasteiger partial charge in [-0.3, -0.25) is 9.78 Å². The van der Waals surface area contributed by atoms with Crippen LogP contribution in [0.25, 0.3) is 0 Å². The third-order valence-electron chi connectivity index (χ3n) is 4.70. The average molecular weight is 447 g/mol. The third-order valence-corrected chi connectivity index (χ3v) is 5.67. The fourth-order valence-corrected chi connectivity index (χ4v) is 3.95. The predicted octanol–water partition coefficient (Wildman–Crippen LogP) is 5.03. The van der Waals surface area contributed by atoms with Crippen molar-refractivity contribution in [2.75, 3.05) is 25.3 Å². The van der Waals surface area contributed by atoms with Gasteiger partial charge in [0.05, 0.1) is 47.8 Å². The van der Waals surface area contributed by atoms with Gasteiger partial charge in [-0.2, -0.15) is 0 Å². The number of thioether (sulfide) groups is 1. The lowest BCUT2D eigenvalue weighted by Gasteiger charge is -2.11. The zero-order chi connectivity index (χ0) is 22.3. The fourth-order valence-electron chi connectivity index (χ4n) is 3.18. The molecule has 0 saturated heterocycles. The highest BCUT2D eigenvalue weighted by Gasteiger charge is 2.17. The van der Waals surface area contributed by atoms with Gasteiger partial charge in [0, 0.05) is 24.4 Å². The Kier molecular flexibility index (Phi) is 6.81. The van der Waals surface area contributed by atoms with Crippen LogP contribution in [0.1, 0.15) is 12.1 Å². The Bertz CT molecular complexity index is 1180. The molecule has 4 rings (SSSR count). The molecule has 1 aliphatic heterocycles. The van der Waals surface area contributed by atoms with Crippen molar-refractivity contribution in [3.8, 4) is 11.5 Å². The van der Waals surface area contributed by atoms with Gasteiger partial charge >= 0.3 is 0 Å². The SMILES string of the molecule is COc1ccc(NC(=O)CSC2=Nc3ccccc3N=C(c3ccccn3)C2)cc1OC. The van der Waals surface area contributed by atoms with Gasteiger partial charge in [-0.25, -0.2) is 9.98 Å². The molecular weight excluding hydrogens is 424 g/mol. The molecule has 0 saturated carbocycles. The molecule has 162 valence electrons. The van der Waals surface area contributed by atoms with Gasteiger partial charge in [-0.15, -0.1) is 11.8 Å². The van der Waals surface area contributed by atoms with E-state index in [1.807, 2.05) is 42.5 Å². The van der Waals surface area contributed by atoms with Crippen LogP contribution in [0.5, 0.6) is 11.5 Å². The highest BCUT2D eigenvalue weighted by atomic mass is 32.2. The maximum Gasteiger partial charge on any atom is 0.234 e. The van der Waals surface area contributed by atoms with E-state index >= 15 is 0 Å². The van der Waals surface area contributed by atoms with E-state index in [1.165, 1.54) is 11.8 Å². The molecule has 0 aliphatic carbocycles. The van der Waals surface area contributed by atoms with Crippen molar-refractivity contribution in [2.24, 2.45) is 9.98 Å². The standard InChI is InChI=1S/C24H22N4O3S/c1-30-21-11-10-16(13-22(21)31-2)26-23(29)15-32-24-14-20(17-7-5-6-12-25-17)27-18-8-3-4-9-19(18)28-24/h3-13H,14-15H2,1-2H3,(H,26,29). The Labute approximate surface area is 190 Å². The smallest absolute Gasteiger partial charge is 0.234 e. The number of aromatic nitrogens is 1. The second-order valence-corrected chi connectivity index (χ2v) is 7.90. The predicted molar refractivity (Wildman–Crippen MR) is 129 cm³/mol. The van der Waals surface area contributed by atoms with Crippen LogP contribution in [0.15, 0.2) is 76.8 Å². The molecule has 1 aromatic heterocycles. The second kappa shape index (κ2) is 10.1. The zero-order valence-electron chi connectivity index (χ0n) is 17.7. The first-order chi connectivity index (χ1) is 15.7. The molecule has 0 fully saturated rings. The van der Waals surface area contributed by atoms with E-state index in [9.17, 15) is 4.79 Å². The molecule has 0 spiro atoms. The molecule has 32 heavy (non-hydrogen) atoms. The van der Waals surface area contributed by atoms with Crippen LogP contribution < -0.4 is 14.8 Å². The summed E-state index contributed by atoms with van der Waals surface area (Å²) >= 11 is 1.39. The lowest BCUT2D eigenvalue weighted by atomic mass is 10.2. The maximum atomic E-state index is 12.6. The van der Waals surface area contributed by atoms with E-state index in [4.69, 9.17) is 19.5 Å². The number of aliphatic imine (C=N–C) groups is 2. The number of para-hydroxylation sites is 2. The quantitative estimate of drug-likeness (QED) is 0.574. The molecule has 1 amide bonds. The minimum Gasteiger partial charge on any atom is -0.493 e. The van der Waals surface area contributed by atoms with Gasteiger partial charge in [0.25, 0.3) is 0 Å². The first-order valence-corrected chi connectivity index (χ1v) is 10.9. The lowest BCUT2D eigenvalue weighted by molar-refractivity contribution is -0.113. The number of anilines is 1. The van der Waals surface area contributed by atoms with E-state index in [0.717, 1.165) is 27.8 Å². The molecule has 0 atom stereocenters. The van der Waals surface area contributed by atoms with E-state index in [1.54, 1.807) is 38.6 Å². The number of carbonyl (C=O) groups excluding carboxylic acids is 1. The Balaban J connectivity index is 1.48. The van der Waals surface area contributed by atoms with Crippen molar-refractivity contribution in [2.45, 2.75) is 6.42 Å². The molecule has 1 aliphatic rings. The second-order valence-electron chi connectivity index (χ2n) is 6.85. The fraction of sp³-hybridized carbons (Fsp3) is 0.167. The highest BCUT2D eigenvalue weighted by molar-refractivity contribution is 8.14. The summed E-state index contributed by atoms with van der Waals surface area (Å²) in [6.45, 7) is 0. The summed E-state index contributed by atoms with van der Waals surface area (Å²) in [6.07, 6.45) is 2.25. The summed E-state index contributed by atoms with van der Waals surface area (Å²) in [6, 6.07) is 18.7. The van der Waals surface area contributed by atoms with Crippen LogP contribution >= 0.6 is 11.8 Å². The summed E-state index contributed by atoms with van der Waals surface area (Å²) in [7, 11) is 3.13. The number of hydrogen-bond donors (Lipinski definition) is 1. The summed E-state index contributed by atoms with van der Waals surface area (Å²) in [4.78, 5) is 26.6. The normalized spacial score (nSPS) is 12.7. The molecule has 1 N–H and O–H groups in total. The summed E-state index contributed by atoms with van der Waals surface area (Å²) in [5.41, 5.74) is 3.83. The van der Waals surface area contributed by atoms with Crippen molar-refractivity contribution < 1.29 is 14.3 Å². The van der Waals surface area contributed by atoms with Gasteiger partial charge in [-0.05, 0) is 36.4 Å². The van der Waals surface area contributed by atoms with Crippen molar-refractivity contribution in [3.05, 3.63) is 72.6 Å². The van der Waals surface area contributed by atoms with Crippen LogP contribution in [0.4, 0.5) is 17.1 Å². The number of fused-ring (bicyclic) bond motifs is 1. The number of hydrogen-bond acceptors (Lipinski definition) is 7. The number of carbonyl (C=O) groups is 1. The number of nitrogens with one attached hydrogen (secondary N) is 1. The van der Waals surface area contributed by atoms with Crippen molar-refractivity contribution >= 4 is 45.5 Å². The molecule has 2 heterocycles. The molecule has 0 radical (unpaired) electrons. The average Bonchev–Trinajstić information content (AvgIpc) is 3.02. The van der Waals surface area contributed by atoms with E-state index in [-0.39, 0.29) is 11.7 Å². The minimum absolute atomic E-state index is 0.140. The molecule has 7 nitrogen and oxygen atoms in total. The van der Waals surface area contributed by atoms with Crippen LogP contribution in [0.3, 0.4) is 0 Å². The molecule has 0 unspecified atom stereocenters. The van der Waals surface area contributed by atoms with E-state index in [2.05, 4.69) is 10.3 Å². The number of methoxy groups -OCH3 is 2. The van der Waals surface area contributed by atoms with Crippen LogP contribution in [0.2, 0.25) is 0 Å². The number of pyridine rings is 1. The maximum absolute atomic E-state index is 12.6. The Morgan fingerprint density at radius 3 is 2.44 bits per heavy atom. The Morgan fingerprint density at radius 1 is 0.969 bits per heavy atom. The van der Waals surface area contributed by atoms with Gasteiger partial charge in [-0.1, -0.05) is 18.2 Å². The number of amides is 1. The largest absolute Gasteiger partial charge is 0.493 e. The van der Waals surface area contributed by atoms with E-state index < -0.39 is 0 Å². The van der Waals surface area contributed by atoms with Gasteiger partial charge in [0.1, 0.15) is 0 Å². The molecular formula is C24H22N4O3S. The van der Waals surface area contributed by atoms with Gasteiger partial charge < -0.3 is 14.8 Å². The monoisotopic (exact) mass is 446 g/mol. The third kappa shape index (κ3) is 5.15. The first-order valence-electron chi connectivity index (χ1n) is 9.96. The van der Waals surface area contributed by atoms with Crippen LogP contribution in [0, 0.1) is 0 Å². The van der Waals surface area contributed by atoms with Crippen molar-refractivity contribution in [1.29, 1.82) is 0 Å². The Hall–Kier alpha value is -3.65. The van der Waals surface area contributed by atoms with Crippen LogP contribution in [-0.2, 0) is 4.79 Å². The first kappa shape index (κ1) is 21.6. The highest BCUT2D eigenvalue weighted by Crippen LogP contribution is 2.33. The van der Waals surface area contributed by atoms with Crippen LogP contribution in [-0.4, -0.2) is 41.6 Å².